The Kier molecular flexibility index (Phi) is 5.11. The van der Waals surface area contributed by atoms with Crippen LogP contribution in [-0.4, -0.2) is 39.6 Å². The van der Waals surface area contributed by atoms with Gasteiger partial charge in [-0.05, 0) is 30.9 Å². The summed E-state index contributed by atoms with van der Waals surface area (Å²) in [7, 11) is 1.72. The number of aryl methyl sites for hydroxylation is 2. The highest BCUT2D eigenvalue weighted by molar-refractivity contribution is 5.95. The first kappa shape index (κ1) is 17.1. The molecular weight excluding hydrogens is 318 g/mol. The van der Waals surface area contributed by atoms with Crippen LogP contribution in [0.5, 0.6) is 0 Å². The van der Waals surface area contributed by atoms with Crippen molar-refractivity contribution in [3.8, 4) is 0 Å². The van der Waals surface area contributed by atoms with Crippen LogP contribution in [0.4, 0.5) is 5.82 Å². The summed E-state index contributed by atoms with van der Waals surface area (Å²) in [5, 5.41) is 3.11. The number of anilines is 1. The summed E-state index contributed by atoms with van der Waals surface area (Å²) >= 11 is 0. The van der Waals surface area contributed by atoms with Crippen molar-refractivity contribution in [3.63, 3.8) is 0 Å². The second-order valence-corrected chi connectivity index (χ2v) is 6.29. The predicted molar refractivity (Wildman–Crippen MR) is 95.8 cm³/mol. The van der Waals surface area contributed by atoms with Crippen LogP contribution in [0.15, 0.2) is 35.6 Å². The average Bonchev–Trinajstić information content (AvgIpc) is 2.64. The number of pyridine rings is 1. The Morgan fingerprint density at radius 1 is 1.32 bits per heavy atom. The molecule has 1 aliphatic rings. The summed E-state index contributed by atoms with van der Waals surface area (Å²) in [5.74, 6) is 0.434. The molecule has 25 heavy (non-hydrogen) atoms. The van der Waals surface area contributed by atoms with E-state index in [2.05, 4.69) is 15.3 Å². The van der Waals surface area contributed by atoms with Gasteiger partial charge in [-0.1, -0.05) is 6.92 Å². The van der Waals surface area contributed by atoms with E-state index >= 15 is 0 Å². The highest BCUT2D eigenvalue weighted by Crippen LogP contribution is 2.16. The number of hydrogen-bond donors (Lipinski definition) is 1. The van der Waals surface area contributed by atoms with Crippen LogP contribution in [0.25, 0.3) is 0 Å². The lowest BCUT2D eigenvalue weighted by molar-refractivity contribution is 0.0930. The number of carbonyl (C=O) groups excluding carboxylic acids is 1. The molecule has 0 radical (unpaired) electrons. The minimum Gasteiger partial charge on any atom is -0.352 e. The van der Waals surface area contributed by atoms with Gasteiger partial charge in [0.05, 0.1) is 0 Å². The van der Waals surface area contributed by atoms with Crippen LogP contribution in [-0.2, 0) is 13.5 Å². The predicted octanol–water partition coefficient (Wildman–Crippen LogP) is 1.14. The number of piperidine rings is 1. The van der Waals surface area contributed by atoms with Crippen LogP contribution >= 0.6 is 0 Å². The molecule has 2 aromatic heterocycles. The fraction of sp³-hybridized carbons (Fsp3) is 0.444. The number of rotatable bonds is 4. The highest BCUT2D eigenvalue weighted by Gasteiger charge is 2.24. The fourth-order valence-corrected chi connectivity index (χ4v) is 3.13. The van der Waals surface area contributed by atoms with Crippen LogP contribution in [0, 0.1) is 0 Å². The van der Waals surface area contributed by atoms with Gasteiger partial charge in [-0.25, -0.2) is 4.98 Å². The third-order valence-corrected chi connectivity index (χ3v) is 4.66. The number of carbonyl (C=O) groups is 1. The van der Waals surface area contributed by atoms with Gasteiger partial charge in [0.15, 0.2) is 5.82 Å². The van der Waals surface area contributed by atoms with E-state index in [0.717, 1.165) is 24.8 Å². The number of aromatic nitrogens is 3. The molecule has 7 heteroatoms. The Bertz CT molecular complexity index is 809. The SMILES string of the molecule is CCc1cnccc1C(=O)NC1CCN(c2nccn(C)c2=O)CC1. The van der Waals surface area contributed by atoms with Gasteiger partial charge in [0.1, 0.15) is 0 Å². The van der Waals surface area contributed by atoms with Crippen molar-refractivity contribution in [2.45, 2.75) is 32.2 Å². The van der Waals surface area contributed by atoms with Crippen molar-refractivity contribution in [2.24, 2.45) is 7.05 Å². The topological polar surface area (TPSA) is 80.1 Å². The van der Waals surface area contributed by atoms with Crippen LogP contribution < -0.4 is 15.8 Å². The first-order valence-electron chi connectivity index (χ1n) is 8.60. The molecule has 1 fully saturated rings. The van der Waals surface area contributed by atoms with Crippen molar-refractivity contribution in [1.29, 1.82) is 0 Å². The Hall–Kier alpha value is -2.70. The monoisotopic (exact) mass is 341 g/mol. The molecule has 0 saturated carbocycles. The molecular formula is C18H23N5O2. The van der Waals surface area contributed by atoms with E-state index in [4.69, 9.17) is 0 Å². The Labute approximate surface area is 146 Å². The van der Waals surface area contributed by atoms with E-state index in [1.807, 2.05) is 11.8 Å². The molecule has 0 unspecified atom stereocenters. The second-order valence-electron chi connectivity index (χ2n) is 6.29. The summed E-state index contributed by atoms with van der Waals surface area (Å²) < 4.78 is 1.53. The van der Waals surface area contributed by atoms with Crippen molar-refractivity contribution in [3.05, 3.63) is 52.3 Å². The van der Waals surface area contributed by atoms with Gasteiger partial charge in [0.2, 0.25) is 0 Å². The molecule has 0 atom stereocenters. The first-order chi connectivity index (χ1) is 12.1. The maximum absolute atomic E-state index is 12.5. The number of nitrogens with zero attached hydrogens (tertiary/aromatic N) is 4. The van der Waals surface area contributed by atoms with E-state index < -0.39 is 0 Å². The lowest BCUT2D eigenvalue weighted by Crippen LogP contribution is -2.46. The molecule has 0 spiro atoms. The summed E-state index contributed by atoms with van der Waals surface area (Å²) in [6.45, 7) is 3.42. The molecule has 2 aromatic rings. The summed E-state index contributed by atoms with van der Waals surface area (Å²) in [6.07, 6.45) is 9.04. The zero-order valence-corrected chi connectivity index (χ0v) is 14.6. The minimum absolute atomic E-state index is 0.0496. The molecule has 1 saturated heterocycles. The zero-order valence-electron chi connectivity index (χ0n) is 14.6. The van der Waals surface area contributed by atoms with Crippen molar-refractivity contribution in [2.75, 3.05) is 18.0 Å². The third-order valence-electron chi connectivity index (χ3n) is 4.66. The maximum Gasteiger partial charge on any atom is 0.293 e. The van der Waals surface area contributed by atoms with Crippen molar-refractivity contribution in [1.82, 2.24) is 19.9 Å². The molecule has 0 bridgehead atoms. The van der Waals surface area contributed by atoms with E-state index in [1.54, 1.807) is 37.9 Å². The molecule has 132 valence electrons. The lowest BCUT2D eigenvalue weighted by atomic mass is 10.0. The van der Waals surface area contributed by atoms with Gasteiger partial charge in [0.25, 0.3) is 11.5 Å². The van der Waals surface area contributed by atoms with Crippen molar-refractivity contribution < 1.29 is 4.79 Å². The van der Waals surface area contributed by atoms with E-state index in [-0.39, 0.29) is 17.5 Å². The average molecular weight is 341 g/mol. The van der Waals surface area contributed by atoms with E-state index in [9.17, 15) is 9.59 Å². The molecule has 1 aliphatic heterocycles. The second kappa shape index (κ2) is 7.46. The summed E-state index contributed by atoms with van der Waals surface area (Å²) in [5.41, 5.74) is 1.56. The van der Waals surface area contributed by atoms with Gasteiger partial charge < -0.3 is 14.8 Å². The largest absolute Gasteiger partial charge is 0.352 e. The van der Waals surface area contributed by atoms with Crippen LogP contribution in [0.2, 0.25) is 0 Å². The molecule has 3 heterocycles. The Morgan fingerprint density at radius 3 is 2.80 bits per heavy atom. The van der Waals surface area contributed by atoms with Crippen LogP contribution in [0.3, 0.4) is 0 Å². The molecule has 0 aromatic carbocycles. The van der Waals surface area contributed by atoms with E-state index in [0.29, 0.717) is 24.5 Å². The molecule has 0 aliphatic carbocycles. The van der Waals surface area contributed by atoms with Gasteiger partial charge in [-0.2, -0.15) is 0 Å². The van der Waals surface area contributed by atoms with Gasteiger partial charge >= 0.3 is 0 Å². The summed E-state index contributed by atoms with van der Waals surface area (Å²) in [4.78, 5) is 35.0. The van der Waals surface area contributed by atoms with Crippen molar-refractivity contribution >= 4 is 11.7 Å². The molecule has 3 rings (SSSR count). The minimum atomic E-state index is -0.0886. The number of hydrogen-bond acceptors (Lipinski definition) is 5. The fourth-order valence-electron chi connectivity index (χ4n) is 3.13. The number of amides is 1. The maximum atomic E-state index is 12.5. The summed E-state index contributed by atoms with van der Waals surface area (Å²) in [6, 6.07) is 1.87. The standard InChI is InChI=1S/C18H23N5O2/c1-3-13-12-19-7-4-15(13)17(24)21-14-5-9-23(10-6-14)16-18(25)22(2)11-8-20-16/h4,7-8,11-12,14H,3,5-6,9-10H2,1-2H3,(H,21,24). The zero-order chi connectivity index (χ0) is 17.8. The smallest absolute Gasteiger partial charge is 0.293 e. The third kappa shape index (κ3) is 3.70. The molecule has 7 nitrogen and oxygen atoms in total. The highest BCUT2D eigenvalue weighted by atomic mass is 16.1. The lowest BCUT2D eigenvalue weighted by Gasteiger charge is -2.32. The Morgan fingerprint density at radius 2 is 2.08 bits per heavy atom. The first-order valence-corrected chi connectivity index (χ1v) is 8.60. The molecule has 1 amide bonds. The quantitative estimate of drug-likeness (QED) is 0.902. The van der Waals surface area contributed by atoms with Crippen LogP contribution in [0.1, 0.15) is 35.7 Å². The van der Waals surface area contributed by atoms with Gasteiger partial charge in [-0.3, -0.25) is 14.6 Å². The van der Waals surface area contributed by atoms with E-state index in [1.165, 1.54) is 4.57 Å². The normalized spacial score (nSPS) is 15.2. The van der Waals surface area contributed by atoms with Gasteiger partial charge in [-0.15, -0.1) is 0 Å². The molecule has 1 N–H and O–H groups in total. The van der Waals surface area contributed by atoms with Gasteiger partial charge in [0, 0.05) is 56.5 Å². The number of nitrogens with one attached hydrogen (secondary N) is 1. The Balaban J connectivity index is 1.62.